The third-order valence-electron chi connectivity index (χ3n) is 4.99. The van der Waals surface area contributed by atoms with Gasteiger partial charge in [0.05, 0.1) is 22.4 Å². The van der Waals surface area contributed by atoms with Crippen molar-refractivity contribution in [3.05, 3.63) is 99.9 Å². The molecule has 4 aromatic carbocycles. The monoisotopic (exact) mass is 545 g/mol. The molecule has 0 bridgehead atoms. The lowest BCUT2D eigenvalue weighted by Crippen LogP contribution is -1.96. The lowest BCUT2D eigenvalue weighted by Gasteiger charge is -2.12. The van der Waals surface area contributed by atoms with Crippen LogP contribution in [-0.4, -0.2) is 9.97 Å². The van der Waals surface area contributed by atoms with Crippen molar-refractivity contribution in [2.24, 2.45) is 0 Å². The summed E-state index contributed by atoms with van der Waals surface area (Å²) in [6.45, 7) is 0. The molecule has 0 saturated carbocycles. The number of nitrogens with two attached hydrogens (primary N) is 1. The predicted octanol–water partition coefficient (Wildman–Crippen LogP) is 7.86. The van der Waals surface area contributed by atoms with Crippen molar-refractivity contribution in [1.82, 2.24) is 9.97 Å². The molecule has 6 heteroatoms. The first kappa shape index (κ1) is 20.7. The number of rotatable bonds is 4. The normalized spacial score (nSPS) is 10.9. The molecule has 1 aromatic heterocycles. The molecule has 1 heterocycles. The molecule has 0 atom stereocenters. The molecule has 5 rings (SSSR count). The van der Waals surface area contributed by atoms with E-state index in [0.717, 1.165) is 42.5 Å². The van der Waals surface area contributed by atoms with E-state index in [1.165, 1.54) is 0 Å². The number of hydrogen-bond donors (Lipinski definition) is 1. The van der Waals surface area contributed by atoms with Crippen LogP contribution in [0.1, 0.15) is 0 Å². The summed E-state index contributed by atoms with van der Waals surface area (Å²) in [4.78, 5) is 9.97. The van der Waals surface area contributed by atoms with Crippen LogP contribution < -0.4 is 10.5 Å². The number of aromatic nitrogens is 2. The molecule has 0 unspecified atom stereocenters. The van der Waals surface area contributed by atoms with Gasteiger partial charge >= 0.3 is 0 Å². The Balaban J connectivity index is 1.63. The molecule has 0 radical (unpaired) electrons. The summed E-state index contributed by atoms with van der Waals surface area (Å²) < 4.78 is 8.03. The van der Waals surface area contributed by atoms with Gasteiger partial charge < -0.3 is 10.5 Å². The molecule has 5 aromatic rings. The fourth-order valence-corrected chi connectivity index (χ4v) is 3.92. The van der Waals surface area contributed by atoms with Gasteiger partial charge in [-0.15, -0.1) is 0 Å². The van der Waals surface area contributed by atoms with Gasteiger partial charge in [-0.3, -0.25) is 0 Å². The minimum Gasteiger partial charge on any atom is -0.457 e. The van der Waals surface area contributed by atoms with Gasteiger partial charge in [-0.2, -0.15) is 0 Å². The Hall–Kier alpha value is -3.22. The summed E-state index contributed by atoms with van der Waals surface area (Å²) in [6.07, 6.45) is 0. The zero-order chi connectivity index (χ0) is 22.1. The number of nitrogen functional groups attached to an aromatic ring is 1. The second-order valence-electron chi connectivity index (χ2n) is 7.26. The minimum atomic E-state index is 0.690. The quantitative estimate of drug-likeness (QED) is 0.233. The van der Waals surface area contributed by atoms with Gasteiger partial charge in [-0.25, -0.2) is 9.97 Å². The molecule has 0 amide bonds. The molecule has 0 aliphatic heterocycles. The summed E-state index contributed by atoms with van der Waals surface area (Å²) in [7, 11) is 0. The average Bonchev–Trinajstić information content (AvgIpc) is 2.81. The molecule has 0 fully saturated rings. The Morgan fingerprint density at radius 2 is 1.06 bits per heavy atom. The second kappa shape index (κ2) is 8.73. The number of benzene rings is 4. The molecule has 2 N–H and O–H groups in total. The number of nitrogens with zero attached hydrogens (tertiary/aromatic N) is 2. The highest BCUT2D eigenvalue weighted by atomic mass is 79.9. The van der Waals surface area contributed by atoms with Crippen LogP contribution in [0.2, 0.25) is 0 Å². The number of anilines is 1. The first-order chi connectivity index (χ1) is 15.5. The number of fused-ring (bicyclic) bond motifs is 1. The maximum Gasteiger partial charge on any atom is 0.129 e. The summed E-state index contributed by atoms with van der Waals surface area (Å²) in [5.74, 6) is 1.40. The molecular weight excluding hydrogens is 530 g/mol. The van der Waals surface area contributed by atoms with E-state index in [1.807, 2.05) is 91.0 Å². The van der Waals surface area contributed by atoms with Crippen LogP contribution in [0.5, 0.6) is 11.5 Å². The molecular formula is C26H17Br2N3O. The average molecular weight is 547 g/mol. The Morgan fingerprint density at radius 3 is 1.62 bits per heavy atom. The van der Waals surface area contributed by atoms with Gasteiger partial charge in [-0.05, 0) is 60.7 Å². The van der Waals surface area contributed by atoms with E-state index in [1.54, 1.807) is 0 Å². The van der Waals surface area contributed by atoms with Gasteiger partial charge in [-0.1, -0.05) is 56.1 Å². The fourth-order valence-electron chi connectivity index (χ4n) is 3.39. The standard InChI is InChI=1S/C26H17Br2N3O/c27-18-5-1-16(2-6-18)25-26(17-3-7-19(28)8-4-17)31-24-15-22(13-14-23(24)30-25)32-21-11-9-20(29)10-12-21/h1-15H,29H2. The Morgan fingerprint density at radius 1 is 0.562 bits per heavy atom. The highest BCUT2D eigenvalue weighted by Gasteiger charge is 2.14. The molecule has 4 nitrogen and oxygen atoms in total. The van der Waals surface area contributed by atoms with Gasteiger partial charge in [0.1, 0.15) is 11.5 Å². The SMILES string of the molecule is Nc1ccc(Oc2ccc3nc(-c4ccc(Br)cc4)c(-c4ccc(Br)cc4)nc3c2)cc1. The van der Waals surface area contributed by atoms with Crippen molar-refractivity contribution in [3.63, 3.8) is 0 Å². The first-order valence-electron chi connectivity index (χ1n) is 9.92. The zero-order valence-corrected chi connectivity index (χ0v) is 20.0. The lowest BCUT2D eigenvalue weighted by molar-refractivity contribution is 0.483. The molecule has 0 spiro atoms. The van der Waals surface area contributed by atoms with Crippen LogP contribution in [0.3, 0.4) is 0 Å². The largest absolute Gasteiger partial charge is 0.457 e. The molecule has 0 aliphatic carbocycles. The van der Waals surface area contributed by atoms with Crippen molar-refractivity contribution < 1.29 is 4.74 Å². The van der Waals surface area contributed by atoms with Crippen molar-refractivity contribution in [3.8, 4) is 34.0 Å². The van der Waals surface area contributed by atoms with E-state index in [-0.39, 0.29) is 0 Å². The maximum absolute atomic E-state index is 6.00. The smallest absolute Gasteiger partial charge is 0.129 e. The van der Waals surface area contributed by atoms with Gasteiger partial charge in [0.15, 0.2) is 0 Å². The van der Waals surface area contributed by atoms with Gasteiger partial charge in [0, 0.05) is 31.8 Å². The van der Waals surface area contributed by atoms with E-state index < -0.39 is 0 Å². The van der Waals surface area contributed by atoms with Crippen molar-refractivity contribution in [2.45, 2.75) is 0 Å². The second-order valence-corrected chi connectivity index (χ2v) is 9.09. The highest BCUT2D eigenvalue weighted by Crippen LogP contribution is 2.34. The van der Waals surface area contributed by atoms with E-state index in [2.05, 4.69) is 31.9 Å². The molecule has 0 aliphatic rings. The minimum absolute atomic E-state index is 0.690. The topological polar surface area (TPSA) is 61.0 Å². The summed E-state index contributed by atoms with van der Waals surface area (Å²) >= 11 is 7.02. The van der Waals surface area contributed by atoms with Crippen LogP contribution in [-0.2, 0) is 0 Å². The summed E-state index contributed by atoms with van der Waals surface area (Å²) in [6, 6.07) is 29.2. The number of ether oxygens (including phenoxy) is 1. The van der Waals surface area contributed by atoms with E-state index >= 15 is 0 Å². The summed E-state index contributed by atoms with van der Waals surface area (Å²) in [5, 5.41) is 0. The zero-order valence-electron chi connectivity index (χ0n) is 16.8. The van der Waals surface area contributed by atoms with Crippen molar-refractivity contribution in [2.75, 3.05) is 5.73 Å². The van der Waals surface area contributed by atoms with E-state index in [4.69, 9.17) is 20.4 Å². The number of hydrogen-bond acceptors (Lipinski definition) is 4. The van der Waals surface area contributed by atoms with E-state index in [9.17, 15) is 0 Å². The molecule has 32 heavy (non-hydrogen) atoms. The number of halogens is 2. The fraction of sp³-hybridized carbons (Fsp3) is 0. The van der Waals surface area contributed by atoms with Gasteiger partial charge in [0.2, 0.25) is 0 Å². The highest BCUT2D eigenvalue weighted by molar-refractivity contribution is 9.10. The Kier molecular flexibility index (Phi) is 5.64. The lowest BCUT2D eigenvalue weighted by atomic mass is 10.0. The maximum atomic E-state index is 6.00. The van der Waals surface area contributed by atoms with Crippen LogP contribution in [0.25, 0.3) is 33.5 Å². The van der Waals surface area contributed by atoms with Crippen LogP contribution in [0.15, 0.2) is 99.9 Å². The van der Waals surface area contributed by atoms with Crippen molar-refractivity contribution >= 4 is 48.6 Å². The predicted molar refractivity (Wildman–Crippen MR) is 137 cm³/mol. The van der Waals surface area contributed by atoms with Crippen LogP contribution in [0, 0.1) is 0 Å². The first-order valence-corrected chi connectivity index (χ1v) is 11.5. The third-order valence-corrected chi connectivity index (χ3v) is 6.04. The summed E-state index contributed by atoms with van der Waals surface area (Å²) in [5.41, 5.74) is 11.7. The van der Waals surface area contributed by atoms with Crippen molar-refractivity contribution in [1.29, 1.82) is 0 Å². The Labute approximate surface area is 202 Å². The molecule has 156 valence electrons. The Bertz CT molecular complexity index is 1400. The van der Waals surface area contributed by atoms with Crippen LogP contribution >= 0.6 is 31.9 Å². The van der Waals surface area contributed by atoms with E-state index in [0.29, 0.717) is 17.2 Å². The van der Waals surface area contributed by atoms with Crippen LogP contribution in [0.4, 0.5) is 5.69 Å². The third kappa shape index (κ3) is 4.38. The molecule has 0 saturated heterocycles. The van der Waals surface area contributed by atoms with Gasteiger partial charge in [0.25, 0.3) is 0 Å².